The van der Waals surface area contributed by atoms with E-state index in [0.29, 0.717) is 26.1 Å². The number of nitrogens with one attached hydrogen (secondary N) is 1. The van der Waals surface area contributed by atoms with E-state index in [2.05, 4.69) is 5.32 Å². The maximum Gasteiger partial charge on any atom is 0.225 e. The third-order valence-electron chi connectivity index (χ3n) is 4.95. The lowest BCUT2D eigenvalue weighted by atomic mass is 10.1. The van der Waals surface area contributed by atoms with Crippen LogP contribution in [0.25, 0.3) is 0 Å². The molecule has 1 heterocycles. The van der Waals surface area contributed by atoms with Crippen LogP contribution in [-0.4, -0.2) is 36.9 Å². The highest BCUT2D eigenvalue weighted by atomic mass is 16.5. The number of rotatable bonds is 7. The molecule has 0 radical (unpaired) electrons. The Bertz CT molecular complexity index is 784. The van der Waals surface area contributed by atoms with Crippen LogP contribution in [0, 0.1) is 12.8 Å². The van der Waals surface area contributed by atoms with E-state index in [4.69, 9.17) is 4.74 Å². The third-order valence-corrected chi connectivity index (χ3v) is 4.95. The molecule has 5 heteroatoms. The van der Waals surface area contributed by atoms with Gasteiger partial charge >= 0.3 is 0 Å². The number of nitrogens with zero attached hydrogens (tertiary/aromatic N) is 1. The van der Waals surface area contributed by atoms with Crippen LogP contribution >= 0.6 is 0 Å². The Balaban J connectivity index is 1.46. The van der Waals surface area contributed by atoms with Crippen LogP contribution in [0.15, 0.2) is 48.5 Å². The summed E-state index contributed by atoms with van der Waals surface area (Å²) in [7, 11) is 1.64. The zero-order chi connectivity index (χ0) is 19.2. The fourth-order valence-corrected chi connectivity index (χ4v) is 3.28. The Morgan fingerprint density at radius 1 is 1.11 bits per heavy atom. The molecule has 0 aromatic heterocycles. The molecule has 0 saturated carbocycles. The van der Waals surface area contributed by atoms with Gasteiger partial charge in [-0.3, -0.25) is 9.59 Å². The fraction of sp³-hybridized carbons (Fsp3) is 0.364. The normalized spacial score (nSPS) is 16.4. The van der Waals surface area contributed by atoms with E-state index in [9.17, 15) is 9.59 Å². The van der Waals surface area contributed by atoms with Gasteiger partial charge in [-0.05, 0) is 36.6 Å². The third kappa shape index (κ3) is 5.09. The fourth-order valence-electron chi connectivity index (χ4n) is 3.28. The average Bonchev–Trinajstić information content (AvgIpc) is 3.04. The van der Waals surface area contributed by atoms with Gasteiger partial charge in [-0.1, -0.05) is 42.0 Å². The standard InChI is InChI=1S/C22H26N2O3/c1-16-3-5-18(6-4-16)14-24-15-19(13-21(24)25)22(26)23-12-11-17-7-9-20(27-2)10-8-17/h3-10,19H,11-15H2,1-2H3,(H,23,26). The van der Waals surface area contributed by atoms with E-state index in [1.165, 1.54) is 5.56 Å². The molecule has 1 aliphatic rings. The van der Waals surface area contributed by atoms with Crippen molar-refractivity contribution in [3.05, 3.63) is 65.2 Å². The first-order valence-electron chi connectivity index (χ1n) is 9.29. The minimum absolute atomic E-state index is 0.0386. The van der Waals surface area contributed by atoms with E-state index < -0.39 is 0 Å². The molecule has 5 nitrogen and oxygen atoms in total. The summed E-state index contributed by atoms with van der Waals surface area (Å²) >= 11 is 0. The molecule has 2 aromatic carbocycles. The first kappa shape index (κ1) is 19.0. The summed E-state index contributed by atoms with van der Waals surface area (Å²) in [5.41, 5.74) is 3.43. The number of methoxy groups -OCH3 is 1. The number of hydrogen-bond donors (Lipinski definition) is 1. The maximum absolute atomic E-state index is 12.4. The largest absolute Gasteiger partial charge is 0.497 e. The van der Waals surface area contributed by atoms with E-state index in [1.807, 2.05) is 55.5 Å². The number of aryl methyl sites for hydroxylation is 1. The second-order valence-corrected chi connectivity index (χ2v) is 7.05. The maximum atomic E-state index is 12.4. The Labute approximate surface area is 160 Å². The average molecular weight is 366 g/mol. The van der Waals surface area contributed by atoms with Gasteiger partial charge in [-0.15, -0.1) is 0 Å². The van der Waals surface area contributed by atoms with Gasteiger partial charge in [0.15, 0.2) is 0 Å². The highest BCUT2D eigenvalue weighted by Crippen LogP contribution is 2.20. The van der Waals surface area contributed by atoms with Crippen LogP contribution in [0.4, 0.5) is 0 Å². The van der Waals surface area contributed by atoms with Gasteiger partial charge in [0.2, 0.25) is 11.8 Å². The highest BCUT2D eigenvalue weighted by Gasteiger charge is 2.33. The topological polar surface area (TPSA) is 58.6 Å². The Morgan fingerprint density at radius 2 is 1.78 bits per heavy atom. The van der Waals surface area contributed by atoms with Crippen molar-refractivity contribution in [1.29, 1.82) is 0 Å². The number of carbonyl (C=O) groups excluding carboxylic acids is 2. The molecule has 142 valence electrons. The zero-order valence-corrected chi connectivity index (χ0v) is 15.9. The summed E-state index contributed by atoms with van der Waals surface area (Å²) in [6, 6.07) is 16.0. The molecule has 27 heavy (non-hydrogen) atoms. The molecule has 2 aromatic rings. The van der Waals surface area contributed by atoms with Crippen molar-refractivity contribution in [3.63, 3.8) is 0 Å². The number of hydrogen-bond acceptors (Lipinski definition) is 3. The predicted octanol–water partition coefficient (Wildman–Crippen LogP) is 2.71. The summed E-state index contributed by atoms with van der Waals surface area (Å²) < 4.78 is 5.14. The first-order valence-corrected chi connectivity index (χ1v) is 9.29. The van der Waals surface area contributed by atoms with Crippen molar-refractivity contribution in [3.8, 4) is 5.75 Å². The molecule has 2 amide bonds. The minimum atomic E-state index is -0.265. The molecule has 1 fully saturated rings. The van der Waals surface area contributed by atoms with Crippen molar-refractivity contribution in [2.24, 2.45) is 5.92 Å². The highest BCUT2D eigenvalue weighted by molar-refractivity contribution is 5.89. The molecule has 1 N–H and O–H groups in total. The second-order valence-electron chi connectivity index (χ2n) is 7.05. The smallest absolute Gasteiger partial charge is 0.225 e. The van der Waals surface area contributed by atoms with Crippen molar-refractivity contribution in [2.75, 3.05) is 20.2 Å². The van der Waals surface area contributed by atoms with Gasteiger partial charge in [-0.25, -0.2) is 0 Å². The molecule has 3 rings (SSSR count). The quantitative estimate of drug-likeness (QED) is 0.820. The van der Waals surface area contributed by atoms with Crippen molar-refractivity contribution in [2.45, 2.75) is 26.3 Å². The van der Waals surface area contributed by atoms with Gasteiger partial charge in [0.05, 0.1) is 13.0 Å². The molecule has 0 bridgehead atoms. The molecule has 0 spiro atoms. The molecule has 1 aliphatic heterocycles. The van der Waals surface area contributed by atoms with Gasteiger partial charge in [0, 0.05) is 26.1 Å². The van der Waals surface area contributed by atoms with Gasteiger partial charge in [0.25, 0.3) is 0 Å². The van der Waals surface area contributed by atoms with Crippen molar-refractivity contribution >= 4 is 11.8 Å². The zero-order valence-electron chi connectivity index (χ0n) is 15.9. The van der Waals surface area contributed by atoms with Crippen LogP contribution in [0.1, 0.15) is 23.1 Å². The molecule has 1 unspecified atom stereocenters. The molecule has 1 atom stereocenters. The molecule has 0 aliphatic carbocycles. The second kappa shape index (κ2) is 8.71. The summed E-state index contributed by atoms with van der Waals surface area (Å²) in [5.74, 6) is 0.564. The summed E-state index contributed by atoms with van der Waals surface area (Å²) in [6.07, 6.45) is 1.05. The van der Waals surface area contributed by atoms with Crippen LogP contribution in [0.2, 0.25) is 0 Å². The van der Waals surface area contributed by atoms with Crippen molar-refractivity contribution < 1.29 is 14.3 Å². The first-order chi connectivity index (χ1) is 13.0. The van der Waals surface area contributed by atoms with Crippen molar-refractivity contribution in [1.82, 2.24) is 10.2 Å². The minimum Gasteiger partial charge on any atom is -0.497 e. The number of likely N-dealkylation sites (tertiary alicyclic amines) is 1. The van der Waals surface area contributed by atoms with Crippen LogP contribution in [0.5, 0.6) is 5.75 Å². The van der Waals surface area contributed by atoms with E-state index in [-0.39, 0.29) is 17.7 Å². The Morgan fingerprint density at radius 3 is 2.44 bits per heavy atom. The summed E-state index contributed by atoms with van der Waals surface area (Å²) in [6.45, 7) is 3.65. The molecule has 1 saturated heterocycles. The van der Waals surface area contributed by atoms with Crippen LogP contribution in [0.3, 0.4) is 0 Å². The van der Waals surface area contributed by atoms with E-state index in [1.54, 1.807) is 12.0 Å². The lowest BCUT2D eigenvalue weighted by Gasteiger charge is -2.17. The summed E-state index contributed by atoms with van der Waals surface area (Å²) in [4.78, 5) is 26.4. The molecular formula is C22H26N2O3. The van der Waals surface area contributed by atoms with Crippen LogP contribution < -0.4 is 10.1 Å². The van der Waals surface area contributed by atoms with E-state index >= 15 is 0 Å². The lowest BCUT2D eigenvalue weighted by molar-refractivity contribution is -0.129. The number of carbonyl (C=O) groups is 2. The number of ether oxygens (including phenoxy) is 1. The van der Waals surface area contributed by atoms with Gasteiger partial charge in [0.1, 0.15) is 5.75 Å². The van der Waals surface area contributed by atoms with E-state index in [0.717, 1.165) is 23.3 Å². The number of benzene rings is 2. The molecular weight excluding hydrogens is 340 g/mol. The predicted molar refractivity (Wildman–Crippen MR) is 104 cm³/mol. The Kier molecular flexibility index (Phi) is 6.12. The van der Waals surface area contributed by atoms with Crippen LogP contribution in [-0.2, 0) is 22.6 Å². The SMILES string of the molecule is COc1ccc(CCNC(=O)C2CC(=O)N(Cc3ccc(C)cc3)C2)cc1. The number of amides is 2. The monoisotopic (exact) mass is 366 g/mol. The Hall–Kier alpha value is -2.82. The summed E-state index contributed by atoms with van der Waals surface area (Å²) in [5, 5.41) is 2.97. The lowest BCUT2D eigenvalue weighted by Crippen LogP contribution is -2.34. The van der Waals surface area contributed by atoms with Gasteiger partial charge < -0.3 is 15.0 Å². The van der Waals surface area contributed by atoms with Gasteiger partial charge in [-0.2, -0.15) is 0 Å².